The minimum atomic E-state index is 0.0450. The second-order valence-corrected chi connectivity index (χ2v) is 7.06. The van der Waals surface area contributed by atoms with Crippen LogP contribution < -0.4 is 5.32 Å². The summed E-state index contributed by atoms with van der Waals surface area (Å²) in [4.78, 5) is 0. The molecule has 20 heavy (non-hydrogen) atoms. The van der Waals surface area contributed by atoms with Gasteiger partial charge in [-0.05, 0) is 56.2 Å². The highest BCUT2D eigenvalue weighted by atomic mass is 35.5. The van der Waals surface area contributed by atoms with Gasteiger partial charge in [0, 0.05) is 17.6 Å². The van der Waals surface area contributed by atoms with Crippen molar-refractivity contribution in [3.8, 4) is 0 Å². The van der Waals surface area contributed by atoms with Gasteiger partial charge in [-0.25, -0.2) is 0 Å². The normalized spacial score (nSPS) is 38.0. The van der Waals surface area contributed by atoms with E-state index in [-0.39, 0.29) is 11.7 Å². The number of hydrogen-bond acceptors (Lipinski definition) is 2. The first-order valence-electron chi connectivity index (χ1n) is 7.75. The van der Waals surface area contributed by atoms with E-state index in [2.05, 4.69) is 31.3 Å². The van der Waals surface area contributed by atoms with Crippen molar-refractivity contribution in [2.75, 3.05) is 6.54 Å². The molecule has 2 unspecified atom stereocenters. The average Bonchev–Trinajstić information content (AvgIpc) is 2.46. The zero-order valence-electron chi connectivity index (χ0n) is 12.4. The van der Waals surface area contributed by atoms with Crippen LogP contribution in [0.4, 0.5) is 0 Å². The van der Waals surface area contributed by atoms with Gasteiger partial charge in [-0.15, -0.1) is 0 Å². The van der Waals surface area contributed by atoms with Gasteiger partial charge in [0.25, 0.3) is 0 Å². The van der Waals surface area contributed by atoms with Crippen molar-refractivity contribution in [1.82, 2.24) is 5.32 Å². The average molecular weight is 294 g/mol. The molecule has 2 aliphatic rings. The van der Waals surface area contributed by atoms with E-state index in [0.29, 0.717) is 6.04 Å². The number of morpholine rings is 1. The summed E-state index contributed by atoms with van der Waals surface area (Å²) in [5, 5.41) is 4.45. The molecule has 0 amide bonds. The van der Waals surface area contributed by atoms with Gasteiger partial charge in [0.2, 0.25) is 0 Å². The fourth-order valence-electron chi connectivity index (χ4n) is 3.46. The second kappa shape index (κ2) is 5.67. The molecule has 1 saturated heterocycles. The lowest BCUT2D eigenvalue weighted by atomic mass is 9.78. The highest BCUT2D eigenvalue weighted by molar-refractivity contribution is 6.30. The molecule has 2 nitrogen and oxygen atoms in total. The lowest BCUT2D eigenvalue weighted by molar-refractivity contribution is -0.155. The standard InChI is InChI=1S/C17H24ClNO/c1-12-7-9-17(10-8-12)11-19-13(2)16(20-17)14-3-5-15(18)6-4-14/h3-6,12-13,16,19H,7-11H2,1-2H3. The molecule has 2 atom stereocenters. The van der Waals surface area contributed by atoms with Gasteiger partial charge >= 0.3 is 0 Å². The van der Waals surface area contributed by atoms with Crippen LogP contribution in [0.15, 0.2) is 24.3 Å². The molecule has 0 aromatic heterocycles. The maximum absolute atomic E-state index is 6.60. The Hall–Kier alpha value is -0.570. The Labute approximate surface area is 126 Å². The summed E-state index contributed by atoms with van der Waals surface area (Å²) < 4.78 is 6.60. The molecule has 1 saturated carbocycles. The minimum Gasteiger partial charge on any atom is -0.364 e. The van der Waals surface area contributed by atoms with Crippen molar-refractivity contribution in [3.63, 3.8) is 0 Å². The van der Waals surface area contributed by atoms with Gasteiger partial charge in [-0.3, -0.25) is 0 Å². The zero-order valence-corrected chi connectivity index (χ0v) is 13.1. The van der Waals surface area contributed by atoms with Crippen molar-refractivity contribution in [1.29, 1.82) is 0 Å². The Morgan fingerprint density at radius 2 is 1.80 bits per heavy atom. The molecule has 110 valence electrons. The summed E-state index contributed by atoms with van der Waals surface area (Å²) in [6.07, 6.45) is 5.05. The number of benzene rings is 1. The van der Waals surface area contributed by atoms with E-state index in [1.54, 1.807) is 0 Å². The molecule has 1 aromatic rings. The Morgan fingerprint density at radius 3 is 2.45 bits per heavy atom. The Bertz CT molecular complexity index is 445. The van der Waals surface area contributed by atoms with E-state index in [0.717, 1.165) is 17.5 Å². The van der Waals surface area contributed by atoms with Crippen LogP contribution in [0.1, 0.15) is 51.2 Å². The second-order valence-electron chi connectivity index (χ2n) is 6.63. The lowest BCUT2D eigenvalue weighted by Crippen LogP contribution is -2.56. The topological polar surface area (TPSA) is 21.3 Å². The zero-order chi connectivity index (χ0) is 14.2. The smallest absolute Gasteiger partial charge is 0.0983 e. The number of hydrogen-bond donors (Lipinski definition) is 1. The molecule has 1 aromatic carbocycles. The predicted octanol–water partition coefficient (Wildman–Crippen LogP) is 4.34. The largest absolute Gasteiger partial charge is 0.364 e. The summed E-state index contributed by atoms with van der Waals surface area (Å²) in [5.74, 6) is 0.845. The Balaban J connectivity index is 1.78. The summed E-state index contributed by atoms with van der Waals surface area (Å²) in [6, 6.07) is 8.45. The van der Waals surface area contributed by atoms with Crippen LogP contribution in [0.5, 0.6) is 0 Å². The molecule has 0 bridgehead atoms. The lowest BCUT2D eigenvalue weighted by Gasteiger charge is -2.48. The maximum Gasteiger partial charge on any atom is 0.0983 e. The van der Waals surface area contributed by atoms with E-state index >= 15 is 0 Å². The van der Waals surface area contributed by atoms with E-state index in [4.69, 9.17) is 16.3 Å². The molecule has 1 heterocycles. The van der Waals surface area contributed by atoms with Gasteiger partial charge in [-0.1, -0.05) is 30.7 Å². The summed E-state index contributed by atoms with van der Waals surface area (Å²) >= 11 is 5.99. The third kappa shape index (κ3) is 2.88. The molecule has 1 N–H and O–H groups in total. The summed E-state index contributed by atoms with van der Waals surface area (Å²) in [7, 11) is 0. The summed E-state index contributed by atoms with van der Waals surface area (Å²) in [5.41, 5.74) is 1.27. The van der Waals surface area contributed by atoms with Crippen molar-refractivity contribution in [2.24, 2.45) is 5.92 Å². The molecular formula is C17H24ClNO. The van der Waals surface area contributed by atoms with Crippen LogP contribution in [-0.4, -0.2) is 18.2 Å². The molecule has 3 heteroatoms. The van der Waals surface area contributed by atoms with Crippen LogP contribution >= 0.6 is 11.6 Å². The number of halogens is 1. The Morgan fingerprint density at radius 1 is 1.15 bits per heavy atom. The fourth-order valence-corrected chi connectivity index (χ4v) is 3.59. The van der Waals surface area contributed by atoms with Gasteiger partial charge in [0.05, 0.1) is 11.7 Å². The van der Waals surface area contributed by atoms with Crippen LogP contribution in [0.2, 0.25) is 5.02 Å². The minimum absolute atomic E-state index is 0.0450. The Kier molecular flexibility index (Phi) is 4.07. The van der Waals surface area contributed by atoms with Crippen LogP contribution in [-0.2, 0) is 4.74 Å². The number of nitrogens with one attached hydrogen (secondary N) is 1. The highest BCUT2D eigenvalue weighted by Crippen LogP contribution is 2.41. The quantitative estimate of drug-likeness (QED) is 0.832. The van der Waals surface area contributed by atoms with Gasteiger partial charge in [-0.2, -0.15) is 0 Å². The van der Waals surface area contributed by atoms with E-state index in [9.17, 15) is 0 Å². The molecular weight excluding hydrogens is 270 g/mol. The van der Waals surface area contributed by atoms with Crippen molar-refractivity contribution in [3.05, 3.63) is 34.9 Å². The van der Waals surface area contributed by atoms with Crippen LogP contribution in [0.3, 0.4) is 0 Å². The van der Waals surface area contributed by atoms with Gasteiger partial charge in [0.1, 0.15) is 0 Å². The van der Waals surface area contributed by atoms with E-state index < -0.39 is 0 Å². The molecule has 1 spiro atoms. The predicted molar refractivity (Wildman–Crippen MR) is 83.1 cm³/mol. The van der Waals surface area contributed by atoms with Gasteiger partial charge in [0.15, 0.2) is 0 Å². The van der Waals surface area contributed by atoms with E-state index in [1.165, 1.54) is 31.2 Å². The third-order valence-electron chi connectivity index (χ3n) is 4.96. The molecule has 3 rings (SSSR count). The SMILES string of the molecule is CC1CCC2(CC1)CNC(C)C(c1ccc(Cl)cc1)O2. The first-order chi connectivity index (χ1) is 9.58. The van der Waals surface area contributed by atoms with E-state index in [1.807, 2.05) is 12.1 Å². The maximum atomic E-state index is 6.60. The van der Waals surface area contributed by atoms with Crippen LogP contribution in [0, 0.1) is 5.92 Å². The monoisotopic (exact) mass is 293 g/mol. The first kappa shape index (κ1) is 14.4. The summed E-state index contributed by atoms with van der Waals surface area (Å²) in [6.45, 7) is 5.55. The molecule has 2 fully saturated rings. The fraction of sp³-hybridized carbons (Fsp3) is 0.647. The van der Waals surface area contributed by atoms with Crippen molar-refractivity contribution < 1.29 is 4.74 Å². The van der Waals surface area contributed by atoms with Gasteiger partial charge < -0.3 is 10.1 Å². The molecule has 1 aliphatic carbocycles. The highest BCUT2D eigenvalue weighted by Gasteiger charge is 2.42. The third-order valence-corrected chi connectivity index (χ3v) is 5.21. The molecule has 0 radical (unpaired) electrons. The number of rotatable bonds is 1. The number of ether oxygens (including phenoxy) is 1. The van der Waals surface area contributed by atoms with Crippen LogP contribution in [0.25, 0.3) is 0 Å². The molecule has 1 aliphatic heterocycles. The van der Waals surface area contributed by atoms with Crippen molar-refractivity contribution in [2.45, 2.75) is 57.3 Å². The first-order valence-corrected chi connectivity index (χ1v) is 8.12. The van der Waals surface area contributed by atoms with Crippen molar-refractivity contribution >= 4 is 11.6 Å².